The van der Waals surface area contributed by atoms with Gasteiger partial charge in [-0.2, -0.15) is 0 Å². The SMILES string of the molecule is OC(CNC1CCC1)C12CC3CC(CC(C3)C1)C2. The Morgan fingerprint density at radius 3 is 2.00 bits per heavy atom. The van der Waals surface area contributed by atoms with E-state index in [1.807, 2.05) is 0 Å². The first kappa shape index (κ1) is 11.7. The van der Waals surface area contributed by atoms with Crippen molar-refractivity contribution in [3.63, 3.8) is 0 Å². The maximum Gasteiger partial charge on any atom is 0.0721 e. The van der Waals surface area contributed by atoms with E-state index in [0.717, 1.165) is 24.3 Å². The molecule has 5 aliphatic rings. The largest absolute Gasteiger partial charge is 0.391 e. The number of nitrogens with one attached hydrogen (secondary N) is 1. The lowest BCUT2D eigenvalue weighted by atomic mass is 9.48. The second kappa shape index (κ2) is 4.21. The van der Waals surface area contributed by atoms with E-state index in [-0.39, 0.29) is 6.10 Å². The van der Waals surface area contributed by atoms with E-state index in [1.54, 1.807) is 0 Å². The van der Waals surface area contributed by atoms with E-state index in [0.29, 0.717) is 11.5 Å². The maximum atomic E-state index is 10.7. The van der Waals surface area contributed by atoms with Crippen molar-refractivity contribution in [1.29, 1.82) is 0 Å². The van der Waals surface area contributed by atoms with E-state index in [4.69, 9.17) is 0 Å². The maximum absolute atomic E-state index is 10.7. The molecule has 102 valence electrons. The second-order valence-corrected chi connectivity index (χ2v) is 7.83. The Bertz CT molecular complexity index is 288. The molecule has 0 aromatic carbocycles. The number of hydrogen-bond donors (Lipinski definition) is 2. The van der Waals surface area contributed by atoms with Crippen molar-refractivity contribution >= 4 is 0 Å². The third kappa shape index (κ3) is 1.84. The average Bonchev–Trinajstić information content (AvgIpc) is 2.24. The average molecular weight is 249 g/mol. The second-order valence-electron chi connectivity index (χ2n) is 7.83. The van der Waals surface area contributed by atoms with Crippen LogP contribution >= 0.6 is 0 Å². The van der Waals surface area contributed by atoms with Gasteiger partial charge in [-0.1, -0.05) is 6.42 Å². The Morgan fingerprint density at radius 2 is 1.56 bits per heavy atom. The minimum Gasteiger partial charge on any atom is -0.391 e. The van der Waals surface area contributed by atoms with Crippen LogP contribution in [0.4, 0.5) is 0 Å². The minimum atomic E-state index is -0.0773. The topological polar surface area (TPSA) is 32.3 Å². The molecule has 5 aliphatic carbocycles. The summed E-state index contributed by atoms with van der Waals surface area (Å²) < 4.78 is 0. The predicted octanol–water partition coefficient (Wildman–Crippen LogP) is 2.71. The molecule has 0 heterocycles. The van der Waals surface area contributed by atoms with Gasteiger partial charge in [0.15, 0.2) is 0 Å². The highest BCUT2D eigenvalue weighted by atomic mass is 16.3. The summed E-state index contributed by atoms with van der Waals surface area (Å²) in [4.78, 5) is 0. The molecule has 1 unspecified atom stereocenters. The first-order chi connectivity index (χ1) is 8.73. The van der Waals surface area contributed by atoms with Crippen LogP contribution in [0.25, 0.3) is 0 Å². The molecule has 0 radical (unpaired) electrons. The van der Waals surface area contributed by atoms with E-state index < -0.39 is 0 Å². The van der Waals surface area contributed by atoms with Crippen molar-refractivity contribution in [3.05, 3.63) is 0 Å². The Kier molecular flexibility index (Phi) is 2.74. The first-order valence-electron chi connectivity index (χ1n) is 8.15. The summed E-state index contributed by atoms with van der Waals surface area (Å²) in [7, 11) is 0. The number of rotatable bonds is 4. The summed E-state index contributed by atoms with van der Waals surface area (Å²) in [5.74, 6) is 2.86. The van der Waals surface area contributed by atoms with Crippen LogP contribution in [-0.2, 0) is 0 Å². The lowest BCUT2D eigenvalue weighted by Crippen LogP contribution is -2.55. The van der Waals surface area contributed by atoms with Crippen molar-refractivity contribution in [1.82, 2.24) is 5.32 Å². The number of hydrogen-bond acceptors (Lipinski definition) is 2. The molecule has 2 N–H and O–H groups in total. The highest BCUT2D eigenvalue weighted by Crippen LogP contribution is 2.61. The van der Waals surface area contributed by atoms with Gasteiger partial charge < -0.3 is 10.4 Å². The molecule has 2 heteroatoms. The fourth-order valence-electron chi connectivity index (χ4n) is 5.69. The highest BCUT2D eigenvalue weighted by Gasteiger charge is 2.53. The van der Waals surface area contributed by atoms with Crippen LogP contribution in [0.3, 0.4) is 0 Å². The van der Waals surface area contributed by atoms with Crippen molar-refractivity contribution < 1.29 is 5.11 Å². The van der Waals surface area contributed by atoms with Crippen LogP contribution < -0.4 is 5.32 Å². The number of aliphatic hydroxyl groups excluding tert-OH is 1. The molecule has 0 aromatic heterocycles. The molecule has 0 aromatic rings. The molecule has 5 fully saturated rings. The molecule has 0 aliphatic heterocycles. The molecule has 5 rings (SSSR count). The van der Waals surface area contributed by atoms with Crippen molar-refractivity contribution in [3.8, 4) is 0 Å². The summed E-state index contributed by atoms with van der Waals surface area (Å²) in [6.45, 7) is 0.858. The standard InChI is InChI=1S/C16H27NO/c18-15(10-17-14-2-1-3-14)16-7-11-4-12(8-16)6-13(5-11)9-16/h11-15,17-18H,1-10H2. The molecule has 2 nitrogen and oxygen atoms in total. The van der Waals surface area contributed by atoms with E-state index in [9.17, 15) is 5.11 Å². The van der Waals surface area contributed by atoms with Gasteiger partial charge in [-0.3, -0.25) is 0 Å². The quantitative estimate of drug-likeness (QED) is 0.803. The minimum absolute atomic E-state index is 0.0773. The van der Waals surface area contributed by atoms with Crippen molar-refractivity contribution in [2.45, 2.75) is 69.9 Å². The fraction of sp³-hybridized carbons (Fsp3) is 1.00. The molecular weight excluding hydrogens is 222 g/mol. The van der Waals surface area contributed by atoms with Crippen molar-refractivity contribution in [2.24, 2.45) is 23.2 Å². The van der Waals surface area contributed by atoms with Gasteiger partial charge in [0, 0.05) is 12.6 Å². The predicted molar refractivity (Wildman–Crippen MR) is 72.3 cm³/mol. The Morgan fingerprint density at radius 1 is 1.00 bits per heavy atom. The molecule has 1 atom stereocenters. The van der Waals surface area contributed by atoms with E-state index in [2.05, 4.69) is 5.32 Å². The lowest BCUT2D eigenvalue weighted by Gasteiger charge is -2.58. The third-order valence-corrected chi connectivity index (χ3v) is 6.50. The van der Waals surface area contributed by atoms with Crippen LogP contribution in [-0.4, -0.2) is 23.8 Å². The summed E-state index contributed by atoms with van der Waals surface area (Å²) in [5.41, 5.74) is 0.311. The molecule has 5 saturated carbocycles. The van der Waals surface area contributed by atoms with Gasteiger partial charge in [-0.15, -0.1) is 0 Å². The molecule has 0 spiro atoms. The Balaban J connectivity index is 1.42. The number of aliphatic hydroxyl groups is 1. The van der Waals surface area contributed by atoms with Crippen LogP contribution in [0.5, 0.6) is 0 Å². The Labute approximate surface area is 111 Å². The van der Waals surface area contributed by atoms with Gasteiger partial charge in [0.1, 0.15) is 0 Å². The summed E-state index contributed by atoms with van der Waals surface area (Å²) >= 11 is 0. The molecule has 0 saturated heterocycles. The summed E-state index contributed by atoms with van der Waals surface area (Å²) in [5, 5.41) is 14.3. The van der Waals surface area contributed by atoms with Gasteiger partial charge in [0.2, 0.25) is 0 Å². The molecule has 0 amide bonds. The zero-order valence-electron chi connectivity index (χ0n) is 11.4. The first-order valence-corrected chi connectivity index (χ1v) is 8.15. The fourth-order valence-corrected chi connectivity index (χ4v) is 5.69. The Hall–Kier alpha value is -0.0800. The van der Waals surface area contributed by atoms with Crippen molar-refractivity contribution in [2.75, 3.05) is 6.54 Å². The zero-order chi connectivity index (χ0) is 12.2. The van der Waals surface area contributed by atoms with Crippen LogP contribution in [0.15, 0.2) is 0 Å². The monoisotopic (exact) mass is 249 g/mol. The van der Waals surface area contributed by atoms with Gasteiger partial charge in [-0.25, -0.2) is 0 Å². The zero-order valence-corrected chi connectivity index (χ0v) is 11.4. The van der Waals surface area contributed by atoms with Crippen LogP contribution in [0, 0.1) is 23.2 Å². The van der Waals surface area contributed by atoms with E-state index in [1.165, 1.54) is 57.8 Å². The van der Waals surface area contributed by atoms with Crippen LogP contribution in [0.2, 0.25) is 0 Å². The molecular formula is C16H27NO. The van der Waals surface area contributed by atoms with E-state index >= 15 is 0 Å². The van der Waals surface area contributed by atoms with Gasteiger partial charge in [0.25, 0.3) is 0 Å². The smallest absolute Gasteiger partial charge is 0.0721 e. The summed E-state index contributed by atoms with van der Waals surface area (Å²) in [6, 6.07) is 0.716. The summed E-state index contributed by atoms with van der Waals surface area (Å²) in [6.07, 6.45) is 12.4. The van der Waals surface area contributed by atoms with Gasteiger partial charge in [-0.05, 0) is 74.5 Å². The highest BCUT2D eigenvalue weighted by molar-refractivity contribution is 5.04. The van der Waals surface area contributed by atoms with Gasteiger partial charge >= 0.3 is 0 Å². The van der Waals surface area contributed by atoms with Gasteiger partial charge in [0.05, 0.1) is 6.10 Å². The molecule has 18 heavy (non-hydrogen) atoms. The molecule has 4 bridgehead atoms. The normalized spacial score (nSPS) is 48.2. The van der Waals surface area contributed by atoms with Crippen LogP contribution in [0.1, 0.15) is 57.8 Å². The third-order valence-electron chi connectivity index (χ3n) is 6.50. The lowest BCUT2D eigenvalue weighted by molar-refractivity contribution is -0.119.